The van der Waals surface area contributed by atoms with Gasteiger partial charge in [0, 0.05) is 6.07 Å². The topological polar surface area (TPSA) is 96.2 Å². The summed E-state index contributed by atoms with van der Waals surface area (Å²) in [5.41, 5.74) is 2.99. The van der Waals surface area contributed by atoms with Crippen molar-refractivity contribution in [2.45, 2.75) is 12.3 Å². The summed E-state index contributed by atoms with van der Waals surface area (Å²) in [6.45, 7) is 0.112. The fourth-order valence-electron chi connectivity index (χ4n) is 1.88. The van der Waals surface area contributed by atoms with Crippen LogP contribution in [0.15, 0.2) is 54.9 Å². The molecule has 24 heavy (non-hydrogen) atoms. The lowest BCUT2D eigenvalue weighted by Gasteiger charge is -2.08. The number of nitrogens with one attached hydrogen (secondary N) is 2. The largest absolute Gasteiger partial charge is 1.00 e. The van der Waals surface area contributed by atoms with Crippen LogP contribution in [0.1, 0.15) is 15.9 Å². The van der Waals surface area contributed by atoms with E-state index in [1.165, 1.54) is 16.8 Å². The number of hydrazine groups is 1. The molecule has 9 heteroatoms. The SMILES string of the molecule is O=CC[n+]1cccc(C(=O)NNS(=O)(=O)Cc2ccccc2)c1.[Cl-]. The van der Waals surface area contributed by atoms with Crippen molar-refractivity contribution in [3.63, 3.8) is 0 Å². The normalized spacial score (nSPS) is 10.5. The van der Waals surface area contributed by atoms with Crippen LogP contribution in [0.5, 0.6) is 0 Å². The van der Waals surface area contributed by atoms with Gasteiger partial charge in [-0.25, -0.2) is 8.42 Å². The molecule has 1 aromatic carbocycles. The molecule has 0 saturated carbocycles. The summed E-state index contributed by atoms with van der Waals surface area (Å²) in [5.74, 6) is -0.851. The molecule has 0 fully saturated rings. The molecule has 2 N–H and O–H groups in total. The number of nitrogens with zero attached hydrogens (tertiary/aromatic N) is 1. The van der Waals surface area contributed by atoms with Gasteiger partial charge in [0.05, 0.1) is 5.75 Å². The maximum atomic E-state index is 12.0. The zero-order valence-electron chi connectivity index (χ0n) is 12.6. The van der Waals surface area contributed by atoms with E-state index in [2.05, 4.69) is 10.3 Å². The molecule has 0 atom stereocenters. The summed E-state index contributed by atoms with van der Waals surface area (Å²) in [6, 6.07) is 11.7. The average molecular weight is 370 g/mol. The number of pyridine rings is 1. The highest BCUT2D eigenvalue weighted by Crippen LogP contribution is 2.03. The first-order chi connectivity index (χ1) is 11.0. The Hall–Kier alpha value is -2.29. The van der Waals surface area contributed by atoms with Gasteiger partial charge in [-0.15, -0.1) is 4.83 Å². The van der Waals surface area contributed by atoms with E-state index < -0.39 is 15.9 Å². The lowest BCUT2D eigenvalue weighted by atomic mass is 10.2. The third-order valence-corrected chi connectivity index (χ3v) is 4.05. The minimum absolute atomic E-state index is 0. The predicted octanol–water partition coefficient (Wildman–Crippen LogP) is -3.06. The van der Waals surface area contributed by atoms with E-state index in [1.54, 1.807) is 42.6 Å². The van der Waals surface area contributed by atoms with Gasteiger partial charge in [0.25, 0.3) is 5.91 Å². The number of aromatic nitrogens is 1. The highest BCUT2D eigenvalue weighted by molar-refractivity contribution is 7.88. The maximum Gasteiger partial charge on any atom is 0.272 e. The summed E-state index contributed by atoms with van der Waals surface area (Å²) < 4.78 is 25.4. The van der Waals surface area contributed by atoms with Crippen LogP contribution in [-0.4, -0.2) is 20.6 Å². The standard InChI is InChI=1S/C15H15N3O4S.ClH/c19-10-9-18-8-4-7-14(11-18)15(20)16-17-23(21,22)12-13-5-2-1-3-6-13;/h1-8,10-11,17H,9,12H2;1H. The van der Waals surface area contributed by atoms with Crippen molar-refractivity contribution in [2.75, 3.05) is 0 Å². The van der Waals surface area contributed by atoms with Gasteiger partial charge in [-0.1, -0.05) is 30.3 Å². The van der Waals surface area contributed by atoms with E-state index in [4.69, 9.17) is 0 Å². The van der Waals surface area contributed by atoms with Gasteiger partial charge in [0.2, 0.25) is 16.6 Å². The fraction of sp³-hybridized carbons (Fsp3) is 0.133. The zero-order chi connectivity index (χ0) is 16.7. The molecule has 0 aliphatic carbocycles. The lowest BCUT2D eigenvalue weighted by Crippen LogP contribution is -3.00. The van der Waals surface area contributed by atoms with E-state index in [9.17, 15) is 18.0 Å². The number of carbonyl (C=O) groups is 2. The third kappa shape index (κ3) is 6.07. The second-order valence-electron chi connectivity index (χ2n) is 4.76. The number of hydrogen-bond donors (Lipinski definition) is 2. The Labute approximate surface area is 146 Å². The molecule has 0 saturated heterocycles. The van der Waals surface area contributed by atoms with Gasteiger partial charge in [-0.3, -0.25) is 15.0 Å². The van der Waals surface area contributed by atoms with Crippen LogP contribution in [0.4, 0.5) is 0 Å². The van der Waals surface area contributed by atoms with Crippen LogP contribution >= 0.6 is 0 Å². The van der Waals surface area contributed by atoms with Crippen LogP contribution in [0.2, 0.25) is 0 Å². The first-order valence-electron chi connectivity index (χ1n) is 6.77. The highest BCUT2D eigenvalue weighted by Gasteiger charge is 2.15. The third-order valence-electron chi connectivity index (χ3n) is 2.93. The quantitative estimate of drug-likeness (QED) is 0.308. The molecule has 2 rings (SSSR count). The molecule has 1 aromatic heterocycles. The lowest BCUT2D eigenvalue weighted by molar-refractivity contribution is -0.683. The Morgan fingerprint density at radius 3 is 2.50 bits per heavy atom. The van der Waals surface area contributed by atoms with Crippen molar-refractivity contribution in [3.8, 4) is 0 Å². The first kappa shape index (κ1) is 19.8. The fourth-order valence-corrected chi connectivity index (χ4v) is 2.83. The van der Waals surface area contributed by atoms with Gasteiger partial charge in [-0.05, 0) is 11.6 Å². The Morgan fingerprint density at radius 2 is 1.83 bits per heavy atom. The first-order valence-corrected chi connectivity index (χ1v) is 8.42. The highest BCUT2D eigenvalue weighted by atomic mass is 35.5. The molecular weight excluding hydrogens is 354 g/mol. The summed E-state index contributed by atoms with van der Waals surface area (Å²) >= 11 is 0. The van der Waals surface area contributed by atoms with Crippen molar-refractivity contribution < 1.29 is 35.0 Å². The Morgan fingerprint density at radius 1 is 1.12 bits per heavy atom. The number of halogens is 1. The van der Waals surface area contributed by atoms with Crippen molar-refractivity contribution in [1.82, 2.24) is 10.3 Å². The van der Waals surface area contributed by atoms with Gasteiger partial charge in [0.15, 0.2) is 18.7 Å². The van der Waals surface area contributed by atoms with Gasteiger partial charge < -0.3 is 12.4 Å². The van der Waals surface area contributed by atoms with Crippen molar-refractivity contribution >= 4 is 22.2 Å². The molecule has 0 bridgehead atoms. The second kappa shape index (κ2) is 9.11. The van der Waals surface area contributed by atoms with Gasteiger partial charge in [0.1, 0.15) is 5.56 Å². The molecular formula is C15H16ClN3O4S. The minimum atomic E-state index is -3.70. The number of aldehydes is 1. The van der Waals surface area contributed by atoms with Gasteiger partial charge >= 0.3 is 0 Å². The van der Waals surface area contributed by atoms with Crippen LogP contribution in [0.3, 0.4) is 0 Å². The second-order valence-corrected chi connectivity index (χ2v) is 6.48. The maximum absolute atomic E-state index is 12.0. The molecule has 0 unspecified atom stereocenters. The Kier molecular flexibility index (Phi) is 7.50. The molecule has 0 aliphatic heterocycles. The molecule has 7 nitrogen and oxygen atoms in total. The van der Waals surface area contributed by atoms with Crippen LogP contribution < -0.4 is 27.2 Å². The Balaban J connectivity index is 0.00000288. The van der Waals surface area contributed by atoms with Crippen molar-refractivity contribution in [2.24, 2.45) is 0 Å². The summed E-state index contributed by atoms with van der Waals surface area (Å²) in [4.78, 5) is 24.5. The molecule has 128 valence electrons. The van der Waals surface area contributed by atoms with Gasteiger partial charge in [-0.2, -0.15) is 4.57 Å². The molecule has 0 aliphatic rings. The number of rotatable bonds is 7. The van der Waals surface area contributed by atoms with Crippen LogP contribution in [0, 0.1) is 0 Å². The van der Waals surface area contributed by atoms with E-state index in [1.807, 2.05) is 0 Å². The minimum Gasteiger partial charge on any atom is -1.00 e. The average Bonchev–Trinajstić information content (AvgIpc) is 2.54. The number of benzene rings is 1. The van der Waals surface area contributed by atoms with Crippen LogP contribution in [-0.2, 0) is 27.1 Å². The molecule has 1 amide bonds. The van der Waals surface area contributed by atoms with E-state index in [0.29, 0.717) is 11.8 Å². The number of amides is 1. The van der Waals surface area contributed by atoms with E-state index in [-0.39, 0.29) is 30.3 Å². The predicted molar refractivity (Wildman–Crippen MR) is 82.4 cm³/mol. The number of hydrogen-bond acceptors (Lipinski definition) is 4. The zero-order valence-corrected chi connectivity index (χ0v) is 14.1. The number of sulfonamides is 1. The Bertz CT molecular complexity index is 797. The monoisotopic (exact) mass is 369 g/mol. The molecule has 2 aromatic rings. The molecule has 0 radical (unpaired) electrons. The smallest absolute Gasteiger partial charge is 0.272 e. The molecule has 1 heterocycles. The van der Waals surface area contributed by atoms with Crippen molar-refractivity contribution in [1.29, 1.82) is 0 Å². The summed E-state index contributed by atoms with van der Waals surface area (Å²) in [6.07, 6.45) is 3.78. The van der Waals surface area contributed by atoms with Crippen molar-refractivity contribution in [3.05, 3.63) is 66.0 Å². The van der Waals surface area contributed by atoms with Crippen LogP contribution in [0.25, 0.3) is 0 Å². The summed E-state index contributed by atoms with van der Waals surface area (Å²) in [7, 11) is -3.70. The van der Waals surface area contributed by atoms with E-state index >= 15 is 0 Å². The summed E-state index contributed by atoms with van der Waals surface area (Å²) in [5, 5.41) is 0. The number of carbonyl (C=O) groups excluding carboxylic acids is 2. The van der Waals surface area contributed by atoms with E-state index in [0.717, 1.165) is 0 Å². The molecule has 0 spiro atoms.